The van der Waals surface area contributed by atoms with Crippen LogP contribution in [0.4, 0.5) is 10.5 Å². The van der Waals surface area contributed by atoms with Crippen LogP contribution >= 0.6 is 0 Å². The molecule has 0 aliphatic carbocycles. The largest absolute Gasteiger partial charge is 0.383 e. The fourth-order valence-electron chi connectivity index (χ4n) is 3.56. The summed E-state index contributed by atoms with van der Waals surface area (Å²) in [5.41, 5.74) is 1.08. The van der Waals surface area contributed by atoms with Gasteiger partial charge in [0.15, 0.2) is 0 Å². The van der Waals surface area contributed by atoms with Gasteiger partial charge in [0.05, 0.1) is 24.2 Å². The zero-order valence-corrected chi connectivity index (χ0v) is 14.3. The molecule has 3 aliphatic heterocycles. The van der Waals surface area contributed by atoms with E-state index in [-0.39, 0.29) is 23.9 Å². The highest BCUT2D eigenvalue weighted by atomic mass is 16.5. The lowest BCUT2D eigenvalue weighted by atomic mass is 9.94. The Kier molecular flexibility index (Phi) is 5.19. The Hall–Kier alpha value is -2.59. The highest BCUT2D eigenvalue weighted by molar-refractivity contribution is 5.90. The highest BCUT2D eigenvalue weighted by Crippen LogP contribution is 2.29. The minimum Gasteiger partial charge on any atom is -0.383 e. The number of nitrogens with zero attached hydrogens (tertiary/aromatic N) is 3. The minimum absolute atomic E-state index is 0.0394. The van der Waals surface area contributed by atoms with E-state index in [2.05, 4.69) is 11.4 Å². The van der Waals surface area contributed by atoms with Gasteiger partial charge in [-0.3, -0.25) is 4.79 Å². The van der Waals surface area contributed by atoms with Crippen LogP contribution in [0, 0.1) is 17.2 Å². The number of nitriles is 1. The molecule has 0 saturated carbocycles. The van der Waals surface area contributed by atoms with Crippen LogP contribution in [0.15, 0.2) is 24.3 Å². The first-order chi connectivity index (χ1) is 12.1. The Balaban J connectivity index is 1.70. The van der Waals surface area contributed by atoms with E-state index in [4.69, 9.17) is 10.00 Å². The summed E-state index contributed by atoms with van der Waals surface area (Å²) < 4.78 is 5.10. The standard InChI is InChI=1S/C18H22N4O3/c1-25-8-7-22-16-6-5-14(17(22)23)11-21(12-16)18(24)20-15-4-2-3-13(9-15)10-19/h2-4,9,14,16H,5-8,11-12H2,1H3,(H,20,24)/t14-,16+/m0/s1. The van der Waals surface area contributed by atoms with E-state index in [1.807, 2.05) is 4.90 Å². The van der Waals surface area contributed by atoms with Crippen LogP contribution in [0.1, 0.15) is 18.4 Å². The number of nitrogens with one attached hydrogen (secondary N) is 1. The molecule has 132 valence electrons. The van der Waals surface area contributed by atoms with E-state index in [0.717, 1.165) is 12.8 Å². The summed E-state index contributed by atoms with van der Waals surface area (Å²) >= 11 is 0. The van der Waals surface area contributed by atoms with Crippen LogP contribution in [0.25, 0.3) is 0 Å². The van der Waals surface area contributed by atoms with Gasteiger partial charge in [-0.25, -0.2) is 4.79 Å². The second kappa shape index (κ2) is 7.53. The zero-order chi connectivity index (χ0) is 17.8. The van der Waals surface area contributed by atoms with Crippen molar-refractivity contribution < 1.29 is 14.3 Å². The number of rotatable bonds is 4. The van der Waals surface area contributed by atoms with Crippen molar-refractivity contribution in [3.8, 4) is 6.07 Å². The van der Waals surface area contributed by atoms with Crippen molar-refractivity contribution in [2.75, 3.05) is 38.7 Å². The molecule has 0 aromatic heterocycles. The molecule has 3 saturated heterocycles. The molecular weight excluding hydrogens is 320 g/mol. The number of carbonyl (C=O) groups is 2. The zero-order valence-electron chi connectivity index (χ0n) is 14.3. The fourth-order valence-corrected chi connectivity index (χ4v) is 3.56. The van der Waals surface area contributed by atoms with Crippen LogP contribution in [-0.4, -0.2) is 61.1 Å². The maximum absolute atomic E-state index is 12.6. The third-order valence-corrected chi connectivity index (χ3v) is 4.86. The van der Waals surface area contributed by atoms with Gasteiger partial charge in [-0.1, -0.05) is 6.07 Å². The predicted octanol–water partition coefficient (Wildman–Crippen LogP) is 1.66. The number of carbonyl (C=O) groups excluding carboxylic acids is 2. The van der Waals surface area contributed by atoms with Gasteiger partial charge in [-0.2, -0.15) is 5.26 Å². The lowest BCUT2D eigenvalue weighted by Gasteiger charge is -2.35. The Labute approximate surface area is 147 Å². The van der Waals surface area contributed by atoms with Crippen LogP contribution in [0.5, 0.6) is 0 Å². The lowest BCUT2D eigenvalue weighted by Crippen LogP contribution is -2.49. The number of fused-ring (bicyclic) bond motifs is 4. The topological polar surface area (TPSA) is 85.7 Å². The van der Waals surface area contributed by atoms with E-state index in [1.54, 1.807) is 36.3 Å². The molecule has 4 rings (SSSR count). The quantitative estimate of drug-likeness (QED) is 0.902. The molecule has 3 heterocycles. The summed E-state index contributed by atoms with van der Waals surface area (Å²) in [6, 6.07) is 8.68. The molecule has 0 radical (unpaired) electrons. The summed E-state index contributed by atoms with van der Waals surface area (Å²) in [6.07, 6.45) is 1.73. The Morgan fingerprint density at radius 2 is 2.24 bits per heavy atom. The van der Waals surface area contributed by atoms with Crippen LogP contribution < -0.4 is 5.32 Å². The molecule has 25 heavy (non-hydrogen) atoms. The van der Waals surface area contributed by atoms with Crippen molar-refractivity contribution in [2.45, 2.75) is 18.9 Å². The van der Waals surface area contributed by atoms with Crippen molar-refractivity contribution in [3.63, 3.8) is 0 Å². The first kappa shape index (κ1) is 17.2. The highest BCUT2D eigenvalue weighted by Gasteiger charge is 2.41. The molecule has 3 fully saturated rings. The minimum atomic E-state index is -0.228. The third kappa shape index (κ3) is 3.74. The number of anilines is 1. The van der Waals surface area contributed by atoms with Crippen molar-refractivity contribution in [3.05, 3.63) is 29.8 Å². The smallest absolute Gasteiger partial charge is 0.321 e. The molecule has 1 N–H and O–H groups in total. The molecule has 7 nitrogen and oxygen atoms in total. The van der Waals surface area contributed by atoms with Crippen molar-refractivity contribution in [1.29, 1.82) is 5.26 Å². The molecule has 2 atom stereocenters. The lowest BCUT2D eigenvalue weighted by molar-refractivity contribution is -0.140. The van der Waals surface area contributed by atoms with Gasteiger partial charge in [-0.05, 0) is 31.0 Å². The summed E-state index contributed by atoms with van der Waals surface area (Å²) in [5.74, 6) is -0.0260. The average molecular weight is 342 g/mol. The van der Waals surface area contributed by atoms with Crippen LogP contribution in [-0.2, 0) is 9.53 Å². The summed E-state index contributed by atoms with van der Waals surface area (Å²) in [5, 5.41) is 11.8. The normalized spacial score (nSPS) is 22.5. The molecule has 7 heteroatoms. The first-order valence-electron chi connectivity index (χ1n) is 8.48. The molecule has 0 unspecified atom stereocenters. The molecular formula is C18H22N4O3. The predicted molar refractivity (Wildman–Crippen MR) is 91.8 cm³/mol. The van der Waals surface area contributed by atoms with Crippen molar-refractivity contribution >= 4 is 17.6 Å². The fraction of sp³-hybridized carbons (Fsp3) is 0.500. The number of hydrogen-bond acceptors (Lipinski definition) is 4. The number of ether oxygens (including phenoxy) is 1. The van der Waals surface area contributed by atoms with E-state index in [1.165, 1.54) is 0 Å². The molecule has 1 aromatic rings. The van der Waals surface area contributed by atoms with Gasteiger partial charge < -0.3 is 19.9 Å². The van der Waals surface area contributed by atoms with Gasteiger partial charge in [0.2, 0.25) is 5.91 Å². The Bertz CT molecular complexity index is 700. The number of benzene rings is 1. The molecule has 3 amide bonds. The van der Waals surface area contributed by atoms with Gasteiger partial charge >= 0.3 is 6.03 Å². The van der Waals surface area contributed by atoms with E-state index >= 15 is 0 Å². The molecule has 2 bridgehead atoms. The summed E-state index contributed by atoms with van der Waals surface area (Å²) in [6.45, 7) is 2.02. The molecule has 3 aliphatic rings. The van der Waals surface area contributed by atoms with Gasteiger partial charge in [0, 0.05) is 38.5 Å². The summed E-state index contributed by atoms with van der Waals surface area (Å²) in [7, 11) is 1.62. The molecule has 0 spiro atoms. The first-order valence-corrected chi connectivity index (χ1v) is 8.48. The average Bonchev–Trinajstić information content (AvgIpc) is 2.91. The second-order valence-electron chi connectivity index (χ2n) is 6.48. The molecule has 1 aromatic carbocycles. The SMILES string of the molecule is COCCN1C(=O)[C@H]2CC[C@@H]1CN(C(=O)Nc1cccc(C#N)c1)C2. The van der Waals surface area contributed by atoms with Crippen molar-refractivity contribution in [1.82, 2.24) is 9.80 Å². The van der Waals surface area contributed by atoms with Gasteiger partial charge in [0.25, 0.3) is 0 Å². The summed E-state index contributed by atoms with van der Waals surface area (Å²) in [4.78, 5) is 28.8. The number of hydrogen-bond donors (Lipinski definition) is 1. The monoisotopic (exact) mass is 342 g/mol. The second-order valence-corrected chi connectivity index (χ2v) is 6.48. The maximum Gasteiger partial charge on any atom is 0.321 e. The number of amides is 3. The van der Waals surface area contributed by atoms with Gasteiger partial charge in [-0.15, -0.1) is 0 Å². The van der Waals surface area contributed by atoms with E-state index < -0.39 is 0 Å². The van der Waals surface area contributed by atoms with E-state index in [9.17, 15) is 9.59 Å². The van der Waals surface area contributed by atoms with E-state index in [0.29, 0.717) is 37.5 Å². The Morgan fingerprint density at radius 3 is 3.00 bits per heavy atom. The number of piperidine rings is 1. The number of urea groups is 1. The third-order valence-electron chi connectivity index (χ3n) is 4.86. The Morgan fingerprint density at radius 1 is 1.40 bits per heavy atom. The van der Waals surface area contributed by atoms with Crippen LogP contribution in [0.3, 0.4) is 0 Å². The van der Waals surface area contributed by atoms with Crippen LogP contribution in [0.2, 0.25) is 0 Å². The number of methoxy groups -OCH3 is 1. The van der Waals surface area contributed by atoms with Gasteiger partial charge in [0.1, 0.15) is 0 Å². The maximum atomic E-state index is 12.6. The van der Waals surface area contributed by atoms with Crippen molar-refractivity contribution in [2.24, 2.45) is 5.92 Å².